The third-order valence-electron chi connectivity index (χ3n) is 3.38. The summed E-state index contributed by atoms with van der Waals surface area (Å²) < 4.78 is 7.10. The van der Waals surface area contributed by atoms with Crippen molar-refractivity contribution in [1.29, 1.82) is 0 Å². The van der Waals surface area contributed by atoms with Crippen LogP contribution in [-0.4, -0.2) is 21.6 Å². The van der Waals surface area contributed by atoms with E-state index in [4.69, 9.17) is 4.74 Å². The summed E-state index contributed by atoms with van der Waals surface area (Å²) >= 11 is 0. The number of imidazole rings is 1. The van der Waals surface area contributed by atoms with Crippen LogP contribution in [0.4, 0.5) is 0 Å². The van der Waals surface area contributed by atoms with Crippen molar-refractivity contribution in [2.75, 3.05) is 7.11 Å². The number of benzene rings is 1. The second kappa shape index (κ2) is 4.98. The molecule has 0 aliphatic rings. The summed E-state index contributed by atoms with van der Waals surface area (Å²) in [6, 6.07) is 11.7. The largest absolute Gasteiger partial charge is 0.497 e. The second-order valence-electron chi connectivity index (χ2n) is 4.73. The van der Waals surface area contributed by atoms with Crippen LogP contribution in [0, 0.1) is 6.92 Å². The predicted octanol–water partition coefficient (Wildman–Crippen LogP) is 2.81. The fraction of sp³-hybridized carbons (Fsp3) is 0.188. The fourth-order valence-electron chi connectivity index (χ4n) is 2.33. The average Bonchev–Trinajstić information content (AvgIpc) is 2.85. The van der Waals surface area contributed by atoms with Crippen LogP contribution in [0.25, 0.3) is 16.9 Å². The number of aliphatic hydroxyl groups excluding tert-OH is 1. The number of fused-ring (bicyclic) bond motifs is 1. The van der Waals surface area contributed by atoms with E-state index in [1.807, 2.05) is 53.9 Å². The number of aromatic nitrogens is 2. The minimum atomic E-state index is -0.0496. The van der Waals surface area contributed by atoms with E-state index in [0.717, 1.165) is 33.9 Å². The molecule has 4 heteroatoms. The van der Waals surface area contributed by atoms with Gasteiger partial charge in [0.1, 0.15) is 11.4 Å². The molecule has 3 aromatic rings. The van der Waals surface area contributed by atoms with Gasteiger partial charge in [0.15, 0.2) is 0 Å². The van der Waals surface area contributed by atoms with E-state index in [0.29, 0.717) is 0 Å². The molecule has 2 heterocycles. The lowest BCUT2D eigenvalue weighted by Gasteiger charge is -2.04. The van der Waals surface area contributed by atoms with Gasteiger partial charge in [0, 0.05) is 11.8 Å². The molecule has 20 heavy (non-hydrogen) atoms. The highest BCUT2D eigenvalue weighted by Crippen LogP contribution is 2.26. The molecule has 0 atom stereocenters. The van der Waals surface area contributed by atoms with Crippen LogP contribution in [0.2, 0.25) is 0 Å². The molecule has 0 aliphatic carbocycles. The summed E-state index contributed by atoms with van der Waals surface area (Å²) in [6.07, 6.45) is 1.99. The Morgan fingerprint density at radius 1 is 1.15 bits per heavy atom. The molecule has 2 aromatic heterocycles. The normalized spacial score (nSPS) is 10.9. The third kappa shape index (κ3) is 2.04. The first kappa shape index (κ1) is 12.7. The molecule has 0 unspecified atom stereocenters. The minimum Gasteiger partial charge on any atom is -0.497 e. The summed E-state index contributed by atoms with van der Waals surface area (Å²) in [5.74, 6) is 0.805. The van der Waals surface area contributed by atoms with Gasteiger partial charge in [-0.25, -0.2) is 4.98 Å². The van der Waals surface area contributed by atoms with Crippen LogP contribution in [0.5, 0.6) is 5.75 Å². The third-order valence-corrected chi connectivity index (χ3v) is 3.38. The Balaban J connectivity index is 2.19. The van der Waals surface area contributed by atoms with Crippen molar-refractivity contribution < 1.29 is 9.84 Å². The SMILES string of the molecule is COc1ccc(-c2nc3ccc(C)cn3c2CO)cc1. The molecule has 102 valence electrons. The van der Waals surface area contributed by atoms with Gasteiger partial charge in [-0.1, -0.05) is 6.07 Å². The number of aliphatic hydroxyl groups is 1. The van der Waals surface area contributed by atoms with Gasteiger partial charge < -0.3 is 14.2 Å². The summed E-state index contributed by atoms with van der Waals surface area (Å²) in [5, 5.41) is 9.67. The molecular formula is C16H16N2O2. The minimum absolute atomic E-state index is 0.0496. The molecule has 0 spiro atoms. The number of ether oxygens (including phenoxy) is 1. The Kier molecular flexibility index (Phi) is 3.16. The van der Waals surface area contributed by atoms with Crippen molar-refractivity contribution in [2.45, 2.75) is 13.5 Å². The number of nitrogens with zero attached hydrogens (tertiary/aromatic N) is 2. The Bertz CT molecular complexity index is 745. The smallest absolute Gasteiger partial charge is 0.137 e. The Hall–Kier alpha value is -2.33. The van der Waals surface area contributed by atoms with Gasteiger partial charge in [0.05, 0.1) is 25.1 Å². The maximum atomic E-state index is 9.67. The Morgan fingerprint density at radius 3 is 2.55 bits per heavy atom. The zero-order valence-electron chi connectivity index (χ0n) is 11.5. The molecular weight excluding hydrogens is 252 g/mol. The lowest BCUT2D eigenvalue weighted by atomic mass is 10.1. The summed E-state index contributed by atoms with van der Waals surface area (Å²) in [6.45, 7) is 1.97. The maximum Gasteiger partial charge on any atom is 0.137 e. The lowest BCUT2D eigenvalue weighted by molar-refractivity contribution is 0.276. The first-order chi connectivity index (χ1) is 9.72. The van der Waals surface area contributed by atoms with Gasteiger partial charge >= 0.3 is 0 Å². The van der Waals surface area contributed by atoms with E-state index in [-0.39, 0.29) is 6.61 Å². The second-order valence-corrected chi connectivity index (χ2v) is 4.73. The quantitative estimate of drug-likeness (QED) is 0.794. The first-order valence-corrected chi connectivity index (χ1v) is 6.46. The number of methoxy groups -OCH3 is 1. The first-order valence-electron chi connectivity index (χ1n) is 6.46. The molecule has 3 rings (SSSR count). The van der Waals surface area contributed by atoms with Gasteiger partial charge in [-0.2, -0.15) is 0 Å². The highest BCUT2D eigenvalue weighted by molar-refractivity contribution is 5.67. The summed E-state index contributed by atoms with van der Waals surface area (Å²) in [7, 11) is 1.64. The summed E-state index contributed by atoms with van der Waals surface area (Å²) in [5.41, 5.74) is 4.54. The molecule has 0 aliphatic heterocycles. The van der Waals surface area contributed by atoms with E-state index < -0.39 is 0 Å². The molecule has 1 aromatic carbocycles. The summed E-state index contributed by atoms with van der Waals surface area (Å²) in [4.78, 5) is 4.61. The molecule has 1 N–H and O–H groups in total. The van der Waals surface area contributed by atoms with Gasteiger partial charge in [-0.15, -0.1) is 0 Å². The van der Waals surface area contributed by atoms with Gasteiger partial charge in [0.2, 0.25) is 0 Å². The number of pyridine rings is 1. The van der Waals surface area contributed by atoms with Crippen molar-refractivity contribution in [3.8, 4) is 17.0 Å². The number of aryl methyl sites for hydroxylation is 1. The van der Waals surface area contributed by atoms with Crippen LogP contribution in [0.3, 0.4) is 0 Å². The average molecular weight is 268 g/mol. The Morgan fingerprint density at radius 2 is 1.90 bits per heavy atom. The number of hydrogen-bond donors (Lipinski definition) is 1. The standard InChI is InChI=1S/C16H16N2O2/c1-11-3-8-15-17-16(14(10-19)18(15)9-11)12-4-6-13(20-2)7-5-12/h3-9,19H,10H2,1-2H3. The topological polar surface area (TPSA) is 46.8 Å². The highest BCUT2D eigenvalue weighted by Gasteiger charge is 2.13. The molecule has 0 amide bonds. The van der Waals surface area contributed by atoms with Crippen LogP contribution >= 0.6 is 0 Å². The van der Waals surface area contributed by atoms with Crippen molar-refractivity contribution >= 4 is 5.65 Å². The van der Waals surface area contributed by atoms with Crippen molar-refractivity contribution in [2.24, 2.45) is 0 Å². The molecule has 0 fully saturated rings. The van der Waals surface area contributed by atoms with Crippen molar-refractivity contribution in [3.05, 3.63) is 53.9 Å². The number of hydrogen-bond acceptors (Lipinski definition) is 3. The van der Waals surface area contributed by atoms with E-state index in [9.17, 15) is 5.11 Å². The molecule has 0 radical (unpaired) electrons. The fourth-order valence-corrected chi connectivity index (χ4v) is 2.33. The molecule has 4 nitrogen and oxygen atoms in total. The highest BCUT2D eigenvalue weighted by atomic mass is 16.5. The number of rotatable bonds is 3. The van der Waals surface area contributed by atoms with Gasteiger partial charge in [-0.05, 0) is 42.8 Å². The zero-order chi connectivity index (χ0) is 14.1. The molecule has 0 saturated carbocycles. The van der Waals surface area contributed by atoms with Gasteiger partial charge in [-0.3, -0.25) is 0 Å². The predicted molar refractivity (Wildman–Crippen MR) is 77.8 cm³/mol. The Labute approximate surface area is 117 Å². The van der Waals surface area contributed by atoms with Crippen LogP contribution in [0.15, 0.2) is 42.6 Å². The van der Waals surface area contributed by atoms with E-state index in [2.05, 4.69) is 4.98 Å². The lowest BCUT2D eigenvalue weighted by Crippen LogP contribution is -1.94. The monoisotopic (exact) mass is 268 g/mol. The van der Waals surface area contributed by atoms with Crippen LogP contribution < -0.4 is 4.74 Å². The van der Waals surface area contributed by atoms with E-state index in [1.54, 1.807) is 7.11 Å². The van der Waals surface area contributed by atoms with E-state index >= 15 is 0 Å². The zero-order valence-corrected chi connectivity index (χ0v) is 11.5. The molecule has 0 bridgehead atoms. The van der Waals surface area contributed by atoms with E-state index in [1.165, 1.54) is 0 Å². The van der Waals surface area contributed by atoms with Crippen molar-refractivity contribution in [1.82, 2.24) is 9.38 Å². The maximum absolute atomic E-state index is 9.67. The van der Waals surface area contributed by atoms with Crippen LogP contribution in [0.1, 0.15) is 11.3 Å². The molecule has 0 saturated heterocycles. The van der Waals surface area contributed by atoms with Crippen molar-refractivity contribution in [3.63, 3.8) is 0 Å². The van der Waals surface area contributed by atoms with Gasteiger partial charge in [0.25, 0.3) is 0 Å². The van der Waals surface area contributed by atoms with Crippen LogP contribution in [-0.2, 0) is 6.61 Å².